The van der Waals surface area contributed by atoms with Gasteiger partial charge in [0.15, 0.2) is 0 Å². The lowest BCUT2D eigenvalue weighted by molar-refractivity contribution is 0.308. The second-order valence-electron chi connectivity index (χ2n) is 4.11. The normalized spacial score (nSPS) is 10.6. The number of hydrogen-bond acceptors (Lipinski definition) is 1. The van der Waals surface area contributed by atoms with E-state index in [1.807, 2.05) is 0 Å². The smallest absolute Gasteiger partial charge is 0.122 e. The van der Waals surface area contributed by atoms with Gasteiger partial charge in [0.25, 0.3) is 0 Å². The topological polar surface area (TPSA) is 9.23 Å². The van der Waals surface area contributed by atoms with Gasteiger partial charge >= 0.3 is 0 Å². The van der Waals surface area contributed by atoms with Gasteiger partial charge in [0.2, 0.25) is 0 Å². The Kier molecular flexibility index (Phi) is 3.45. The number of aryl methyl sites for hydroxylation is 1. The molecule has 0 saturated heterocycles. The summed E-state index contributed by atoms with van der Waals surface area (Å²) < 4.78 is 5.79. The predicted molar refractivity (Wildman–Crippen MR) is 71.2 cm³/mol. The maximum Gasteiger partial charge on any atom is 0.122 e. The first-order valence-electron chi connectivity index (χ1n) is 5.94. The van der Waals surface area contributed by atoms with Crippen molar-refractivity contribution < 1.29 is 6.16 Å². The minimum atomic E-state index is 0. The number of hydrogen-bond donors (Lipinski definition) is 0. The van der Waals surface area contributed by atoms with E-state index in [-0.39, 0.29) is 1.43 Å². The molecule has 0 bridgehead atoms. The molecule has 0 aromatic heterocycles. The first-order valence-corrected chi connectivity index (χ1v) is 5.94. The van der Waals surface area contributed by atoms with E-state index in [0.29, 0.717) is 0 Å². The number of benzene rings is 2. The summed E-state index contributed by atoms with van der Waals surface area (Å²) in [5, 5.41) is 2.57. The Bertz CT molecular complexity index is 479. The van der Waals surface area contributed by atoms with Crippen LogP contribution in [0.5, 0.6) is 5.75 Å². The molecule has 0 saturated carbocycles. The van der Waals surface area contributed by atoms with Crippen molar-refractivity contribution in [3.63, 3.8) is 0 Å². The molecule has 0 atom stereocenters. The molecule has 0 aliphatic heterocycles. The molecule has 2 aromatic carbocycles. The molecule has 1 heteroatoms. The van der Waals surface area contributed by atoms with Gasteiger partial charge in [0.1, 0.15) is 5.75 Å². The number of ether oxygens (including phenoxy) is 1. The summed E-state index contributed by atoms with van der Waals surface area (Å²) in [5.74, 6) is 1.02. The quantitative estimate of drug-likeness (QED) is 0.680. The zero-order chi connectivity index (χ0) is 11.4. The summed E-state index contributed by atoms with van der Waals surface area (Å²) in [5.41, 5.74) is 1.24. The molecule has 0 aliphatic carbocycles. The highest BCUT2D eigenvalue weighted by Gasteiger charge is 2.03. The minimum absolute atomic E-state index is 0. The van der Waals surface area contributed by atoms with Crippen molar-refractivity contribution in [3.05, 3.63) is 42.0 Å². The third-order valence-corrected chi connectivity index (χ3v) is 2.90. The summed E-state index contributed by atoms with van der Waals surface area (Å²) >= 11 is 0. The maximum atomic E-state index is 5.79. The van der Waals surface area contributed by atoms with Gasteiger partial charge in [-0.2, -0.15) is 0 Å². The first-order chi connectivity index (χ1) is 7.83. The van der Waals surface area contributed by atoms with Crippen molar-refractivity contribution in [1.29, 1.82) is 0 Å². The van der Waals surface area contributed by atoms with E-state index >= 15 is 0 Å². The SMILES string of the molecule is CCCCOc1ccc2ccccc2c1C.[HH]. The summed E-state index contributed by atoms with van der Waals surface area (Å²) in [6.45, 7) is 5.12. The fourth-order valence-electron chi connectivity index (χ4n) is 1.89. The average molecular weight is 216 g/mol. The van der Waals surface area contributed by atoms with Crippen molar-refractivity contribution in [1.82, 2.24) is 0 Å². The molecule has 2 aromatic rings. The fraction of sp³-hybridized carbons (Fsp3) is 0.333. The Balaban J connectivity index is 0.00000144. The summed E-state index contributed by atoms with van der Waals surface area (Å²) in [6, 6.07) is 12.6. The summed E-state index contributed by atoms with van der Waals surface area (Å²) in [4.78, 5) is 0. The second kappa shape index (κ2) is 5.02. The van der Waals surface area contributed by atoms with Crippen LogP contribution in [0.3, 0.4) is 0 Å². The van der Waals surface area contributed by atoms with E-state index < -0.39 is 0 Å². The largest absolute Gasteiger partial charge is 0.493 e. The van der Waals surface area contributed by atoms with Gasteiger partial charge in [0, 0.05) is 1.43 Å². The van der Waals surface area contributed by atoms with E-state index in [1.165, 1.54) is 22.8 Å². The lowest BCUT2D eigenvalue weighted by Crippen LogP contribution is -1.98. The molecular formula is C15H20O. The maximum absolute atomic E-state index is 5.79. The van der Waals surface area contributed by atoms with Gasteiger partial charge < -0.3 is 4.74 Å². The molecule has 16 heavy (non-hydrogen) atoms. The van der Waals surface area contributed by atoms with Crippen molar-refractivity contribution in [3.8, 4) is 5.75 Å². The molecule has 0 N–H and O–H groups in total. The van der Waals surface area contributed by atoms with Crippen LogP contribution in [0.2, 0.25) is 0 Å². The summed E-state index contributed by atoms with van der Waals surface area (Å²) in [7, 11) is 0. The first kappa shape index (κ1) is 11.0. The van der Waals surface area contributed by atoms with Crippen molar-refractivity contribution in [2.75, 3.05) is 6.61 Å². The number of fused-ring (bicyclic) bond motifs is 1. The monoisotopic (exact) mass is 216 g/mol. The lowest BCUT2D eigenvalue weighted by Gasteiger charge is -2.10. The van der Waals surface area contributed by atoms with E-state index in [9.17, 15) is 0 Å². The Morgan fingerprint density at radius 3 is 2.75 bits per heavy atom. The van der Waals surface area contributed by atoms with E-state index in [1.54, 1.807) is 0 Å². The van der Waals surface area contributed by atoms with Crippen LogP contribution in [0.4, 0.5) is 0 Å². The minimum Gasteiger partial charge on any atom is -0.493 e. The Morgan fingerprint density at radius 1 is 1.12 bits per heavy atom. The van der Waals surface area contributed by atoms with Gasteiger partial charge in [-0.25, -0.2) is 0 Å². The molecule has 2 rings (SSSR count). The Morgan fingerprint density at radius 2 is 1.94 bits per heavy atom. The zero-order valence-corrected chi connectivity index (χ0v) is 9.99. The predicted octanol–water partition coefficient (Wildman–Crippen LogP) is 4.57. The van der Waals surface area contributed by atoms with Crippen LogP contribution in [0.1, 0.15) is 26.8 Å². The Labute approximate surface area is 98.5 Å². The third-order valence-electron chi connectivity index (χ3n) is 2.90. The molecule has 0 radical (unpaired) electrons. The van der Waals surface area contributed by atoms with Crippen LogP contribution in [-0.4, -0.2) is 6.61 Å². The van der Waals surface area contributed by atoms with E-state index in [2.05, 4.69) is 50.2 Å². The van der Waals surface area contributed by atoms with Crippen LogP contribution in [0.15, 0.2) is 36.4 Å². The van der Waals surface area contributed by atoms with E-state index in [0.717, 1.165) is 18.8 Å². The average Bonchev–Trinajstić information content (AvgIpc) is 2.33. The van der Waals surface area contributed by atoms with Crippen molar-refractivity contribution in [2.24, 2.45) is 0 Å². The van der Waals surface area contributed by atoms with Crippen LogP contribution in [-0.2, 0) is 0 Å². The highest BCUT2D eigenvalue weighted by molar-refractivity contribution is 5.87. The number of rotatable bonds is 4. The molecule has 0 unspecified atom stereocenters. The molecule has 86 valence electrons. The van der Waals surface area contributed by atoms with Crippen molar-refractivity contribution >= 4 is 10.8 Å². The van der Waals surface area contributed by atoms with Crippen LogP contribution in [0.25, 0.3) is 10.8 Å². The van der Waals surface area contributed by atoms with Crippen LogP contribution in [0, 0.1) is 6.92 Å². The molecule has 0 aliphatic rings. The molecule has 1 nitrogen and oxygen atoms in total. The fourth-order valence-corrected chi connectivity index (χ4v) is 1.89. The molecular weight excluding hydrogens is 196 g/mol. The van der Waals surface area contributed by atoms with Gasteiger partial charge in [-0.3, -0.25) is 0 Å². The van der Waals surface area contributed by atoms with Crippen LogP contribution < -0.4 is 4.74 Å². The third kappa shape index (κ3) is 2.19. The lowest BCUT2D eigenvalue weighted by atomic mass is 10.0. The molecule has 0 fully saturated rings. The van der Waals surface area contributed by atoms with Gasteiger partial charge in [-0.1, -0.05) is 43.7 Å². The Hall–Kier alpha value is -1.50. The van der Waals surface area contributed by atoms with Gasteiger partial charge in [0.05, 0.1) is 6.61 Å². The summed E-state index contributed by atoms with van der Waals surface area (Å²) in [6.07, 6.45) is 2.29. The van der Waals surface area contributed by atoms with Crippen LogP contribution >= 0.6 is 0 Å². The highest BCUT2D eigenvalue weighted by atomic mass is 16.5. The van der Waals surface area contributed by atoms with Crippen molar-refractivity contribution in [2.45, 2.75) is 26.7 Å². The van der Waals surface area contributed by atoms with Gasteiger partial charge in [-0.15, -0.1) is 0 Å². The highest BCUT2D eigenvalue weighted by Crippen LogP contribution is 2.27. The molecule has 0 amide bonds. The van der Waals surface area contributed by atoms with Gasteiger partial charge in [-0.05, 0) is 35.7 Å². The van der Waals surface area contributed by atoms with E-state index in [4.69, 9.17) is 4.74 Å². The number of unbranched alkanes of at least 4 members (excludes halogenated alkanes) is 1. The molecule has 0 spiro atoms. The second-order valence-corrected chi connectivity index (χ2v) is 4.11. The molecule has 0 heterocycles. The zero-order valence-electron chi connectivity index (χ0n) is 9.99. The standard InChI is InChI=1S/C15H18O.H2/c1-3-4-11-16-15-10-9-13-7-5-6-8-14(13)12(15)2;/h5-10H,3-4,11H2,1-2H3;1H.